The van der Waals surface area contributed by atoms with Gasteiger partial charge in [-0.2, -0.15) is 0 Å². The number of carboxylic acid groups (broad SMARTS) is 1. The normalized spacial score (nSPS) is 11.9. The number of hydrogen-bond acceptors (Lipinski definition) is 2. The zero-order valence-electron chi connectivity index (χ0n) is 13.0. The molecule has 22 heavy (non-hydrogen) atoms. The van der Waals surface area contributed by atoms with Gasteiger partial charge in [0, 0.05) is 12.1 Å². The zero-order chi connectivity index (χ0) is 16.4. The Morgan fingerprint density at radius 3 is 2.41 bits per heavy atom. The highest BCUT2D eigenvalue weighted by Gasteiger charge is 2.10. The summed E-state index contributed by atoms with van der Waals surface area (Å²) in [6.45, 7) is 2.11. The van der Waals surface area contributed by atoms with E-state index in [0.717, 1.165) is 25.7 Å². The summed E-state index contributed by atoms with van der Waals surface area (Å²) in [6.07, 6.45) is 4.10. The fourth-order valence-electron chi connectivity index (χ4n) is 2.14. The van der Waals surface area contributed by atoms with Crippen molar-refractivity contribution in [3.8, 4) is 0 Å². The molecule has 122 valence electrons. The second-order valence-electron chi connectivity index (χ2n) is 5.42. The van der Waals surface area contributed by atoms with E-state index in [9.17, 15) is 14.0 Å². The summed E-state index contributed by atoms with van der Waals surface area (Å²) in [5, 5.41) is 11.4. The maximum absolute atomic E-state index is 13.6. The fourth-order valence-corrected chi connectivity index (χ4v) is 2.14. The van der Waals surface area contributed by atoms with Crippen LogP contribution in [0.1, 0.15) is 62.2 Å². The van der Waals surface area contributed by atoms with Crippen LogP contribution in [0.2, 0.25) is 0 Å². The van der Waals surface area contributed by atoms with Crippen molar-refractivity contribution in [3.05, 3.63) is 29.8 Å². The lowest BCUT2D eigenvalue weighted by Gasteiger charge is -2.09. The number of amides is 1. The number of nitrogens with one attached hydrogen (secondary N) is 1. The minimum atomic E-state index is -1.01. The van der Waals surface area contributed by atoms with Gasteiger partial charge in [-0.25, -0.2) is 9.18 Å². The van der Waals surface area contributed by atoms with E-state index in [1.165, 1.54) is 24.3 Å². The highest BCUT2D eigenvalue weighted by atomic mass is 19.1. The summed E-state index contributed by atoms with van der Waals surface area (Å²) in [5.74, 6) is -1.26. The lowest BCUT2D eigenvalue weighted by molar-refractivity contribution is -0.116. The van der Waals surface area contributed by atoms with E-state index in [-0.39, 0.29) is 24.3 Å². The maximum atomic E-state index is 13.6. The van der Waals surface area contributed by atoms with Crippen LogP contribution in [0, 0.1) is 0 Å². The third-order valence-electron chi connectivity index (χ3n) is 3.47. The molecule has 1 unspecified atom stereocenters. The molecular formula is C17H24FNO3. The quantitative estimate of drug-likeness (QED) is 0.629. The van der Waals surface area contributed by atoms with E-state index in [4.69, 9.17) is 5.11 Å². The molecule has 1 rings (SSSR count). The van der Waals surface area contributed by atoms with Crippen molar-refractivity contribution >= 4 is 17.6 Å². The molecule has 1 aromatic carbocycles. The van der Waals surface area contributed by atoms with Gasteiger partial charge in [0.05, 0.1) is 5.56 Å². The predicted molar refractivity (Wildman–Crippen MR) is 84.9 cm³/mol. The smallest absolute Gasteiger partial charge is 0.335 e. The van der Waals surface area contributed by atoms with E-state index in [0.29, 0.717) is 12.1 Å². The van der Waals surface area contributed by atoms with Crippen LogP contribution in [0.3, 0.4) is 0 Å². The van der Waals surface area contributed by atoms with Gasteiger partial charge in [-0.15, -0.1) is 0 Å². The highest BCUT2D eigenvalue weighted by Crippen LogP contribution is 2.14. The minimum Gasteiger partial charge on any atom is -0.478 e. The average Bonchev–Trinajstić information content (AvgIpc) is 2.50. The van der Waals surface area contributed by atoms with E-state index in [1.807, 2.05) is 0 Å². The average molecular weight is 309 g/mol. The molecule has 1 atom stereocenters. The van der Waals surface area contributed by atoms with Gasteiger partial charge in [-0.3, -0.25) is 4.79 Å². The number of carbonyl (C=O) groups is 2. The van der Waals surface area contributed by atoms with Crippen LogP contribution >= 0.6 is 0 Å². The second kappa shape index (κ2) is 9.92. The topological polar surface area (TPSA) is 66.4 Å². The van der Waals surface area contributed by atoms with E-state index in [2.05, 4.69) is 12.2 Å². The van der Waals surface area contributed by atoms with Crippen molar-refractivity contribution in [2.45, 2.75) is 58.0 Å². The molecule has 0 fully saturated rings. The fraction of sp³-hybridized carbons (Fsp3) is 0.529. The molecule has 0 aliphatic rings. The molecule has 0 spiro atoms. The molecule has 0 saturated heterocycles. The van der Waals surface area contributed by atoms with Crippen molar-refractivity contribution in [3.63, 3.8) is 0 Å². The lowest BCUT2D eigenvalue weighted by Crippen LogP contribution is -2.14. The summed E-state index contributed by atoms with van der Waals surface area (Å²) >= 11 is 0. The summed E-state index contributed by atoms with van der Waals surface area (Å²) < 4.78 is 13.6. The Kier molecular flexibility index (Phi) is 8.18. The zero-order valence-corrected chi connectivity index (χ0v) is 13.0. The van der Waals surface area contributed by atoms with Crippen LogP contribution in [-0.4, -0.2) is 23.2 Å². The van der Waals surface area contributed by atoms with Crippen LogP contribution in [0.5, 0.6) is 0 Å². The standard InChI is InChI=1S/C17H24FNO3/c1-2-3-4-5-6-14(18)9-12-16(20)19-15-10-7-13(8-11-15)17(21)22/h7-8,10-11,14H,2-6,9,12H2,1H3,(H,19,20)(H,21,22). The molecule has 0 saturated carbocycles. The van der Waals surface area contributed by atoms with Gasteiger partial charge in [0.15, 0.2) is 0 Å². The Labute approximate surface area is 130 Å². The van der Waals surface area contributed by atoms with Crippen LogP contribution in [0.4, 0.5) is 10.1 Å². The third-order valence-corrected chi connectivity index (χ3v) is 3.47. The molecular weight excluding hydrogens is 285 g/mol. The van der Waals surface area contributed by atoms with Gasteiger partial charge in [-0.1, -0.05) is 32.6 Å². The first-order valence-corrected chi connectivity index (χ1v) is 7.80. The number of aromatic carboxylic acids is 1. The number of anilines is 1. The highest BCUT2D eigenvalue weighted by molar-refractivity contribution is 5.92. The van der Waals surface area contributed by atoms with Crippen molar-refractivity contribution in [1.82, 2.24) is 0 Å². The number of benzene rings is 1. The molecule has 2 N–H and O–H groups in total. The SMILES string of the molecule is CCCCCCC(F)CCC(=O)Nc1ccc(C(=O)O)cc1. The number of carboxylic acids is 1. The van der Waals surface area contributed by atoms with E-state index in [1.54, 1.807) is 0 Å². The van der Waals surface area contributed by atoms with Crippen LogP contribution < -0.4 is 5.32 Å². The Morgan fingerprint density at radius 1 is 1.14 bits per heavy atom. The maximum Gasteiger partial charge on any atom is 0.335 e. The van der Waals surface area contributed by atoms with Crippen molar-refractivity contribution < 1.29 is 19.1 Å². The molecule has 0 aliphatic carbocycles. The molecule has 0 bridgehead atoms. The molecule has 0 aliphatic heterocycles. The minimum absolute atomic E-state index is 0.135. The van der Waals surface area contributed by atoms with Gasteiger partial charge >= 0.3 is 5.97 Å². The summed E-state index contributed by atoms with van der Waals surface area (Å²) in [6, 6.07) is 5.89. The van der Waals surface area contributed by atoms with E-state index < -0.39 is 12.1 Å². The molecule has 5 heteroatoms. The number of rotatable bonds is 10. The second-order valence-corrected chi connectivity index (χ2v) is 5.42. The van der Waals surface area contributed by atoms with E-state index >= 15 is 0 Å². The van der Waals surface area contributed by atoms with Gasteiger partial charge in [0.1, 0.15) is 6.17 Å². The predicted octanol–water partition coefficient (Wildman–Crippen LogP) is 4.41. The van der Waals surface area contributed by atoms with Gasteiger partial charge in [0.25, 0.3) is 0 Å². The van der Waals surface area contributed by atoms with Crippen molar-refractivity contribution in [2.75, 3.05) is 5.32 Å². The number of alkyl halides is 1. The van der Waals surface area contributed by atoms with Crippen molar-refractivity contribution in [1.29, 1.82) is 0 Å². The van der Waals surface area contributed by atoms with Gasteiger partial charge < -0.3 is 10.4 Å². The lowest BCUT2D eigenvalue weighted by atomic mass is 10.1. The molecule has 1 amide bonds. The first-order chi connectivity index (χ1) is 10.5. The van der Waals surface area contributed by atoms with Crippen LogP contribution in [0.25, 0.3) is 0 Å². The van der Waals surface area contributed by atoms with Gasteiger partial charge in [0.2, 0.25) is 5.91 Å². The Hall–Kier alpha value is -1.91. The molecule has 0 radical (unpaired) electrons. The Balaban J connectivity index is 2.26. The Bertz CT molecular complexity index is 473. The summed E-state index contributed by atoms with van der Waals surface area (Å²) in [4.78, 5) is 22.4. The Morgan fingerprint density at radius 2 is 1.82 bits per heavy atom. The summed E-state index contributed by atoms with van der Waals surface area (Å²) in [5.41, 5.74) is 0.683. The third kappa shape index (κ3) is 7.20. The molecule has 0 aromatic heterocycles. The summed E-state index contributed by atoms with van der Waals surface area (Å²) in [7, 11) is 0. The largest absolute Gasteiger partial charge is 0.478 e. The van der Waals surface area contributed by atoms with Crippen LogP contribution in [0.15, 0.2) is 24.3 Å². The molecule has 0 heterocycles. The first kappa shape index (κ1) is 18.1. The number of carbonyl (C=O) groups excluding carboxylic acids is 1. The van der Waals surface area contributed by atoms with Crippen LogP contribution in [-0.2, 0) is 4.79 Å². The molecule has 4 nitrogen and oxygen atoms in total. The monoisotopic (exact) mass is 309 g/mol. The first-order valence-electron chi connectivity index (χ1n) is 7.80. The number of unbranched alkanes of at least 4 members (excludes halogenated alkanes) is 3. The van der Waals surface area contributed by atoms with Gasteiger partial charge in [-0.05, 0) is 37.1 Å². The number of halogens is 1. The number of hydrogen-bond donors (Lipinski definition) is 2. The van der Waals surface area contributed by atoms with Crippen molar-refractivity contribution in [2.24, 2.45) is 0 Å². The molecule has 1 aromatic rings.